The molecule has 1 heterocycles. The smallest absolute Gasteiger partial charge is 0.302 e. The van der Waals surface area contributed by atoms with Gasteiger partial charge in [0.25, 0.3) is 0 Å². The molecule has 4 heteroatoms. The number of nitrogens with zero attached hydrogens (tertiary/aromatic N) is 2. The first kappa shape index (κ1) is 22.7. The summed E-state index contributed by atoms with van der Waals surface area (Å²) in [6.07, 6.45) is 15.5. The molecule has 1 aromatic carbocycles. The quantitative estimate of drug-likeness (QED) is 0.437. The first-order valence-electron chi connectivity index (χ1n) is 13.2. The van der Waals surface area contributed by atoms with E-state index < -0.39 is 0 Å². The molecule has 0 amide bonds. The Morgan fingerprint density at radius 1 is 1.21 bits per heavy atom. The molecular formula is C29H40N2O2. The van der Waals surface area contributed by atoms with Crippen LogP contribution in [0.4, 0.5) is 0 Å². The summed E-state index contributed by atoms with van der Waals surface area (Å²) in [6, 6.07) is 8.52. The Morgan fingerprint density at radius 3 is 2.82 bits per heavy atom. The number of benzene rings is 1. The standard InChI is InChI=1S/C29H40N2O2/c1-5-21(33-20(2)32)14-17-28(3)16-8-9-22-23(28)15-18-29(4)24(22)12-13-27(29)31-19-30-25-10-6-7-11-26(25)31/h6-7,10-11,13,19,21-24H,5,8-9,12,14-18H2,1-4H3. The van der Waals surface area contributed by atoms with Crippen LogP contribution in [0.1, 0.15) is 85.5 Å². The van der Waals surface area contributed by atoms with Crippen LogP contribution in [0.5, 0.6) is 0 Å². The molecule has 3 aliphatic rings. The van der Waals surface area contributed by atoms with Crippen molar-refractivity contribution >= 4 is 22.7 Å². The van der Waals surface area contributed by atoms with E-state index in [1.165, 1.54) is 63.1 Å². The van der Waals surface area contributed by atoms with Gasteiger partial charge in [0, 0.05) is 18.0 Å². The van der Waals surface area contributed by atoms with E-state index >= 15 is 0 Å². The molecule has 2 fully saturated rings. The van der Waals surface area contributed by atoms with E-state index in [1.807, 2.05) is 6.33 Å². The fraction of sp³-hybridized carbons (Fsp3) is 0.655. The molecule has 33 heavy (non-hydrogen) atoms. The number of para-hydroxylation sites is 2. The second-order valence-corrected chi connectivity index (χ2v) is 11.5. The van der Waals surface area contributed by atoms with Gasteiger partial charge in [-0.2, -0.15) is 0 Å². The number of hydrogen-bond donors (Lipinski definition) is 0. The van der Waals surface area contributed by atoms with Crippen molar-refractivity contribution in [1.82, 2.24) is 9.55 Å². The predicted molar refractivity (Wildman–Crippen MR) is 133 cm³/mol. The molecule has 2 aromatic rings. The summed E-state index contributed by atoms with van der Waals surface area (Å²) in [7, 11) is 0. The average Bonchev–Trinajstić information content (AvgIpc) is 3.37. The minimum absolute atomic E-state index is 0.0721. The Kier molecular flexibility index (Phi) is 5.91. The van der Waals surface area contributed by atoms with Gasteiger partial charge in [0.1, 0.15) is 12.4 Å². The number of ether oxygens (including phenoxy) is 1. The number of carbonyl (C=O) groups excluding carboxylic acids is 1. The third-order valence-corrected chi connectivity index (χ3v) is 9.70. The third-order valence-electron chi connectivity index (χ3n) is 9.70. The van der Waals surface area contributed by atoms with Crippen LogP contribution in [-0.4, -0.2) is 21.6 Å². The van der Waals surface area contributed by atoms with Crippen LogP contribution in [0.3, 0.4) is 0 Å². The van der Waals surface area contributed by atoms with E-state index in [0.717, 1.165) is 36.1 Å². The number of rotatable bonds is 6. The molecule has 5 rings (SSSR count). The second kappa shape index (κ2) is 8.60. The zero-order valence-corrected chi connectivity index (χ0v) is 20.8. The predicted octanol–water partition coefficient (Wildman–Crippen LogP) is 7.24. The lowest BCUT2D eigenvalue weighted by Crippen LogP contribution is -2.48. The highest BCUT2D eigenvalue weighted by Gasteiger charge is 2.55. The average molecular weight is 449 g/mol. The Labute approximate surface area is 198 Å². The molecular weight excluding hydrogens is 408 g/mol. The van der Waals surface area contributed by atoms with Gasteiger partial charge in [0.05, 0.1) is 11.0 Å². The van der Waals surface area contributed by atoms with E-state index in [9.17, 15) is 4.79 Å². The zero-order valence-electron chi connectivity index (χ0n) is 20.8. The van der Waals surface area contributed by atoms with E-state index in [4.69, 9.17) is 9.72 Å². The first-order valence-corrected chi connectivity index (χ1v) is 13.2. The largest absolute Gasteiger partial charge is 0.463 e. The monoisotopic (exact) mass is 448 g/mol. The molecule has 0 spiro atoms. The van der Waals surface area contributed by atoms with Gasteiger partial charge < -0.3 is 9.30 Å². The van der Waals surface area contributed by atoms with Crippen LogP contribution in [0.2, 0.25) is 0 Å². The summed E-state index contributed by atoms with van der Waals surface area (Å²) in [5, 5.41) is 0. The van der Waals surface area contributed by atoms with E-state index in [2.05, 4.69) is 55.7 Å². The van der Waals surface area contributed by atoms with Gasteiger partial charge in [-0.25, -0.2) is 4.98 Å². The van der Waals surface area contributed by atoms with Crippen LogP contribution in [-0.2, 0) is 9.53 Å². The molecule has 178 valence electrons. The third kappa shape index (κ3) is 3.84. The van der Waals surface area contributed by atoms with Crippen molar-refractivity contribution in [2.75, 3.05) is 0 Å². The summed E-state index contributed by atoms with van der Waals surface area (Å²) in [5.74, 6) is 2.16. The summed E-state index contributed by atoms with van der Waals surface area (Å²) in [5.41, 5.74) is 4.39. The Balaban J connectivity index is 1.36. The van der Waals surface area contributed by atoms with Crippen molar-refractivity contribution in [1.29, 1.82) is 0 Å². The van der Waals surface area contributed by atoms with Gasteiger partial charge in [-0.05, 0) is 86.7 Å². The van der Waals surface area contributed by atoms with E-state index in [0.29, 0.717) is 5.41 Å². The van der Waals surface area contributed by atoms with Crippen LogP contribution in [0.25, 0.3) is 16.7 Å². The highest BCUT2D eigenvalue weighted by molar-refractivity contribution is 5.80. The molecule has 4 nitrogen and oxygen atoms in total. The molecule has 0 bridgehead atoms. The number of esters is 1. The van der Waals surface area contributed by atoms with Crippen molar-refractivity contribution in [3.05, 3.63) is 36.7 Å². The second-order valence-electron chi connectivity index (χ2n) is 11.5. The maximum Gasteiger partial charge on any atom is 0.302 e. The lowest BCUT2D eigenvalue weighted by molar-refractivity contribution is -0.147. The highest BCUT2D eigenvalue weighted by Crippen LogP contribution is 2.64. The number of imidazole rings is 1. The zero-order chi connectivity index (χ0) is 23.2. The van der Waals surface area contributed by atoms with Gasteiger partial charge in [-0.15, -0.1) is 0 Å². The maximum atomic E-state index is 11.5. The lowest BCUT2D eigenvalue weighted by atomic mass is 9.49. The fourth-order valence-electron chi connectivity index (χ4n) is 7.93. The van der Waals surface area contributed by atoms with Crippen molar-refractivity contribution in [3.63, 3.8) is 0 Å². The molecule has 0 aliphatic heterocycles. The minimum atomic E-state index is -0.140. The Hall–Kier alpha value is -2.10. The molecule has 0 saturated heterocycles. The lowest BCUT2D eigenvalue weighted by Gasteiger charge is -2.56. The summed E-state index contributed by atoms with van der Waals surface area (Å²) in [4.78, 5) is 16.2. The maximum absolute atomic E-state index is 11.5. The molecule has 3 aliphatic carbocycles. The summed E-state index contributed by atoms with van der Waals surface area (Å²) in [6.45, 7) is 8.75. The number of allylic oxidation sites excluding steroid dienone is 2. The van der Waals surface area contributed by atoms with Gasteiger partial charge >= 0.3 is 5.97 Å². The van der Waals surface area contributed by atoms with Gasteiger partial charge in [0.15, 0.2) is 0 Å². The van der Waals surface area contributed by atoms with Crippen LogP contribution >= 0.6 is 0 Å². The van der Waals surface area contributed by atoms with Crippen LogP contribution < -0.4 is 0 Å². The number of fused-ring (bicyclic) bond motifs is 4. The molecule has 0 radical (unpaired) electrons. The van der Waals surface area contributed by atoms with Gasteiger partial charge in [-0.1, -0.05) is 45.4 Å². The summed E-state index contributed by atoms with van der Waals surface area (Å²) < 4.78 is 7.97. The highest BCUT2D eigenvalue weighted by atomic mass is 16.5. The number of aromatic nitrogens is 2. The fourth-order valence-corrected chi connectivity index (χ4v) is 7.93. The van der Waals surface area contributed by atoms with Crippen molar-refractivity contribution in [2.45, 2.75) is 91.6 Å². The van der Waals surface area contributed by atoms with Gasteiger partial charge in [0.2, 0.25) is 0 Å². The van der Waals surface area contributed by atoms with Crippen LogP contribution in [0, 0.1) is 28.6 Å². The molecule has 6 unspecified atom stereocenters. The SMILES string of the molecule is CCC(CCC1(C)CCCC2C1CCC1(C)C(n3cnc4ccccc43)=CCC21)OC(C)=O. The Bertz CT molecular complexity index is 1050. The van der Waals surface area contributed by atoms with Crippen molar-refractivity contribution in [2.24, 2.45) is 28.6 Å². The van der Waals surface area contributed by atoms with Crippen molar-refractivity contribution < 1.29 is 9.53 Å². The number of carbonyl (C=O) groups is 1. The Morgan fingerprint density at radius 2 is 2.03 bits per heavy atom. The molecule has 6 atom stereocenters. The van der Waals surface area contributed by atoms with Crippen molar-refractivity contribution in [3.8, 4) is 0 Å². The first-order chi connectivity index (χ1) is 15.9. The molecule has 2 saturated carbocycles. The van der Waals surface area contributed by atoms with E-state index in [1.54, 1.807) is 0 Å². The molecule has 1 aromatic heterocycles. The van der Waals surface area contributed by atoms with E-state index in [-0.39, 0.29) is 17.5 Å². The topological polar surface area (TPSA) is 44.1 Å². The number of hydrogen-bond acceptors (Lipinski definition) is 3. The van der Waals surface area contributed by atoms with Crippen LogP contribution in [0.15, 0.2) is 36.7 Å². The minimum Gasteiger partial charge on any atom is -0.463 e. The van der Waals surface area contributed by atoms with Gasteiger partial charge in [-0.3, -0.25) is 4.79 Å². The molecule has 0 N–H and O–H groups in total. The summed E-state index contributed by atoms with van der Waals surface area (Å²) >= 11 is 0. The normalized spacial score (nSPS) is 34.4.